The van der Waals surface area contributed by atoms with E-state index in [4.69, 9.17) is 33.3 Å². The Labute approximate surface area is 314 Å². The number of anilines is 1. The van der Waals surface area contributed by atoms with Gasteiger partial charge in [0.2, 0.25) is 11.8 Å². The third-order valence-corrected chi connectivity index (χ3v) is 20.0. The lowest BCUT2D eigenvalue weighted by Crippen LogP contribution is -2.48. The van der Waals surface area contributed by atoms with Crippen LogP contribution >= 0.6 is 0 Å². The molecule has 2 N–H and O–H groups in total. The second-order valence-electron chi connectivity index (χ2n) is 16.8. The maximum absolute atomic E-state index is 11.1. The molecule has 0 radical (unpaired) electrons. The second-order valence-corrected chi connectivity index (χ2v) is 26.4. The van der Waals surface area contributed by atoms with E-state index >= 15 is 0 Å². The quantitative estimate of drug-likeness (QED) is 0.0684. The van der Waals surface area contributed by atoms with Gasteiger partial charge in [-0.05, 0) is 47.4 Å². The predicted molar refractivity (Wildman–Crippen MR) is 211 cm³/mol. The van der Waals surface area contributed by atoms with E-state index in [0.29, 0.717) is 30.6 Å². The van der Waals surface area contributed by atoms with Crippen molar-refractivity contribution in [1.82, 2.24) is 19.5 Å². The minimum Gasteiger partial charge on any atom is -0.476 e. The average Bonchev–Trinajstić information content (AvgIpc) is 3.69. The summed E-state index contributed by atoms with van der Waals surface area (Å²) >= 11 is 0. The Kier molecular flexibility index (Phi) is 12.2. The molecule has 288 valence electrons. The van der Waals surface area contributed by atoms with E-state index in [1.807, 2.05) is 34.9 Å². The Morgan fingerprint density at radius 3 is 2.26 bits per heavy atom. The van der Waals surface area contributed by atoms with Crippen molar-refractivity contribution < 1.29 is 28.4 Å². The smallest absolute Gasteiger partial charge is 0.269 e. The SMILES string of the molecule is CC(C)(C)[Si](C)(C)OC[C@H]1O[C@@H](n2cnc3c(OCCc4ccc([N+](=O)[O-])cc4)nc(N[C@H](CO)c4ccccc4)nc32)C[C@@H]1O[Si](C)(C)C(C)(C)C. The highest BCUT2D eigenvalue weighted by atomic mass is 28.4. The number of benzene rings is 2. The van der Waals surface area contributed by atoms with Crippen molar-refractivity contribution in [2.75, 3.05) is 25.1 Å². The molecule has 0 unspecified atom stereocenters. The number of aliphatic hydroxyl groups excluding tert-OH is 1. The highest BCUT2D eigenvalue weighted by Gasteiger charge is 2.47. The van der Waals surface area contributed by atoms with Gasteiger partial charge < -0.3 is 28.7 Å². The van der Waals surface area contributed by atoms with E-state index in [1.54, 1.807) is 18.5 Å². The van der Waals surface area contributed by atoms with Gasteiger partial charge in [0.05, 0.1) is 43.2 Å². The minimum absolute atomic E-state index is 0.00807. The van der Waals surface area contributed by atoms with Gasteiger partial charge in [-0.25, -0.2) is 4.98 Å². The molecule has 0 saturated carbocycles. The van der Waals surface area contributed by atoms with Crippen LogP contribution in [-0.2, 0) is 20.0 Å². The molecule has 0 spiro atoms. The van der Waals surface area contributed by atoms with Gasteiger partial charge in [0.25, 0.3) is 5.69 Å². The molecular formula is C38H56N6O7Si2. The van der Waals surface area contributed by atoms with Crippen LogP contribution in [0.1, 0.15) is 71.4 Å². The second kappa shape index (κ2) is 15.9. The predicted octanol–water partition coefficient (Wildman–Crippen LogP) is 8.20. The molecule has 1 aliphatic heterocycles. The number of imidazole rings is 1. The number of nitrogens with zero attached hydrogens (tertiary/aromatic N) is 5. The molecule has 0 bridgehead atoms. The molecule has 5 rings (SSSR count). The van der Waals surface area contributed by atoms with E-state index < -0.39 is 33.8 Å². The molecule has 2 aromatic heterocycles. The molecule has 1 aliphatic rings. The number of ether oxygens (including phenoxy) is 2. The number of nitrogens with one attached hydrogen (secondary N) is 1. The Balaban J connectivity index is 1.47. The van der Waals surface area contributed by atoms with Crippen LogP contribution in [-0.4, -0.2) is 78.2 Å². The van der Waals surface area contributed by atoms with Crippen molar-refractivity contribution in [3.8, 4) is 5.88 Å². The van der Waals surface area contributed by atoms with Crippen molar-refractivity contribution in [1.29, 1.82) is 0 Å². The van der Waals surface area contributed by atoms with Crippen LogP contribution in [0.2, 0.25) is 36.3 Å². The first-order valence-electron chi connectivity index (χ1n) is 18.3. The number of hydrogen-bond donors (Lipinski definition) is 2. The molecule has 2 aromatic carbocycles. The molecule has 0 aliphatic carbocycles. The largest absolute Gasteiger partial charge is 0.476 e. The first-order valence-corrected chi connectivity index (χ1v) is 24.1. The van der Waals surface area contributed by atoms with Gasteiger partial charge >= 0.3 is 0 Å². The number of aliphatic hydroxyl groups is 1. The molecule has 3 heterocycles. The fourth-order valence-electron chi connectivity index (χ4n) is 5.60. The van der Waals surface area contributed by atoms with Gasteiger partial charge in [-0.1, -0.05) is 84.0 Å². The zero-order valence-electron chi connectivity index (χ0n) is 32.8. The van der Waals surface area contributed by atoms with Gasteiger partial charge in [-0.3, -0.25) is 14.7 Å². The lowest BCUT2D eigenvalue weighted by atomic mass is 10.1. The third-order valence-electron chi connectivity index (χ3n) is 11.0. The Morgan fingerprint density at radius 1 is 1.00 bits per heavy atom. The van der Waals surface area contributed by atoms with Crippen LogP contribution in [0.15, 0.2) is 60.9 Å². The summed E-state index contributed by atoms with van der Waals surface area (Å²) < 4.78 is 28.7. The summed E-state index contributed by atoms with van der Waals surface area (Å²) in [5, 5.41) is 24.8. The Hall–Kier alpha value is -3.74. The van der Waals surface area contributed by atoms with Gasteiger partial charge in [0.15, 0.2) is 27.8 Å². The minimum atomic E-state index is -2.18. The number of fused-ring (bicyclic) bond motifs is 1. The summed E-state index contributed by atoms with van der Waals surface area (Å²) in [6, 6.07) is 15.5. The van der Waals surface area contributed by atoms with Crippen molar-refractivity contribution >= 4 is 39.4 Å². The molecule has 13 nitrogen and oxygen atoms in total. The topological polar surface area (TPSA) is 156 Å². The fourth-order valence-corrected chi connectivity index (χ4v) is 7.97. The van der Waals surface area contributed by atoms with Gasteiger partial charge in [-0.15, -0.1) is 0 Å². The van der Waals surface area contributed by atoms with Crippen molar-refractivity contribution in [3.63, 3.8) is 0 Å². The monoisotopic (exact) mass is 764 g/mol. The molecule has 15 heteroatoms. The van der Waals surface area contributed by atoms with Crippen LogP contribution in [0.5, 0.6) is 5.88 Å². The number of nitro benzene ring substituents is 1. The molecule has 4 atom stereocenters. The van der Waals surface area contributed by atoms with Crippen molar-refractivity contribution in [2.24, 2.45) is 0 Å². The third kappa shape index (κ3) is 9.50. The Morgan fingerprint density at radius 2 is 1.66 bits per heavy atom. The summed E-state index contributed by atoms with van der Waals surface area (Å²) in [5.74, 6) is 0.533. The highest BCUT2D eigenvalue weighted by molar-refractivity contribution is 6.74. The molecule has 4 aromatic rings. The van der Waals surface area contributed by atoms with E-state index in [0.717, 1.165) is 11.1 Å². The van der Waals surface area contributed by atoms with E-state index in [-0.39, 0.29) is 53.0 Å². The van der Waals surface area contributed by atoms with Crippen LogP contribution in [0.4, 0.5) is 11.6 Å². The molecule has 53 heavy (non-hydrogen) atoms. The fraction of sp³-hybridized carbons (Fsp3) is 0.553. The molecular weight excluding hydrogens is 709 g/mol. The van der Waals surface area contributed by atoms with Gasteiger partial charge in [0, 0.05) is 25.0 Å². The van der Waals surface area contributed by atoms with E-state index in [2.05, 4.69) is 73.0 Å². The summed E-state index contributed by atoms with van der Waals surface area (Å²) in [7, 11) is -4.25. The number of hydrogen-bond acceptors (Lipinski definition) is 11. The number of nitro groups is 1. The number of rotatable bonds is 15. The lowest BCUT2D eigenvalue weighted by Gasteiger charge is -2.40. The van der Waals surface area contributed by atoms with Gasteiger partial charge in [0.1, 0.15) is 12.3 Å². The summed E-state index contributed by atoms with van der Waals surface area (Å²) in [6.07, 6.45) is 1.84. The van der Waals surface area contributed by atoms with Gasteiger partial charge in [-0.2, -0.15) is 9.97 Å². The normalized spacial score (nSPS) is 19.0. The first-order chi connectivity index (χ1) is 24.8. The first kappa shape index (κ1) is 40.4. The van der Waals surface area contributed by atoms with E-state index in [9.17, 15) is 15.2 Å². The zero-order valence-corrected chi connectivity index (χ0v) is 34.8. The maximum atomic E-state index is 11.1. The summed E-state index contributed by atoms with van der Waals surface area (Å²) in [5.41, 5.74) is 2.77. The molecule has 0 amide bonds. The summed E-state index contributed by atoms with van der Waals surface area (Å²) in [4.78, 5) is 25.0. The van der Waals surface area contributed by atoms with Crippen LogP contribution in [0.25, 0.3) is 11.2 Å². The highest BCUT2D eigenvalue weighted by Crippen LogP contribution is 2.43. The zero-order chi connectivity index (χ0) is 38.8. The lowest BCUT2D eigenvalue weighted by molar-refractivity contribution is -0.384. The van der Waals surface area contributed by atoms with Crippen molar-refractivity contribution in [3.05, 3.63) is 82.2 Å². The van der Waals surface area contributed by atoms with Crippen molar-refractivity contribution in [2.45, 2.75) is 115 Å². The Bertz CT molecular complexity index is 1840. The van der Waals surface area contributed by atoms with Crippen LogP contribution < -0.4 is 10.1 Å². The van der Waals surface area contributed by atoms with E-state index in [1.165, 1.54) is 12.1 Å². The number of non-ortho nitro benzene ring substituents is 1. The number of aromatic nitrogens is 4. The standard InChI is InChI=1S/C38H56N6O7Si2/c1-37(2,3)52(7,8)49-24-31-30(51-53(9,10)38(4,5)6)22-32(50-31)43-25-39-33-34(43)41-36(40-29(23-45)27-14-12-11-13-15-27)42-35(33)48-21-20-26-16-18-28(19-17-26)44(46)47/h11-19,25,29-32,45H,20-24H2,1-10H3,(H,40,41,42)/t29-,30+,31-,32-/m1/s1. The molecule has 1 fully saturated rings. The summed E-state index contributed by atoms with van der Waals surface area (Å²) in [6.45, 7) is 22.9. The van der Waals surface area contributed by atoms with Crippen LogP contribution in [0, 0.1) is 10.1 Å². The van der Waals surface area contributed by atoms with Crippen LogP contribution in [0.3, 0.4) is 0 Å². The molecule has 1 saturated heterocycles. The average molecular weight is 765 g/mol. The maximum Gasteiger partial charge on any atom is 0.269 e.